The van der Waals surface area contributed by atoms with Crippen molar-refractivity contribution < 1.29 is 18.8 Å². The number of amides is 1. The van der Waals surface area contributed by atoms with E-state index < -0.39 is 0 Å². The molecule has 1 aliphatic carbocycles. The van der Waals surface area contributed by atoms with Gasteiger partial charge in [0.05, 0.1) is 13.2 Å². The van der Waals surface area contributed by atoms with Crippen molar-refractivity contribution in [1.29, 1.82) is 0 Å². The van der Waals surface area contributed by atoms with Crippen LogP contribution in [-0.4, -0.2) is 54.9 Å². The first kappa shape index (κ1) is 18.0. The first-order valence-corrected chi connectivity index (χ1v) is 9.51. The van der Waals surface area contributed by atoms with Crippen LogP contribution in [0.15, 0.2) is 34.9 Å². The molecule has 1 saturated heterocycles. The molecule has 0 spiro atoms. The Balaban J connectivity index is 1.31. The van der Waals surface area contributed by atoms with Crippen LogP contribution >= 0.6 is 0 Å². The zero-order valence-corrected chi connectivity index (χ0v) is 15.4. The van der Waals surface area contributed by atoms with E-state index in [1.807, 2.05) is 30.3 Å². The Labute approximate surface area is 158 Å². The lowest BCUT2D eigenvalue weighted by molar-refractivity contribution is -0.123. The predicted octanol–water partition coefficient (Wildman–Crippen LogP) is 1.56. The van der Waals surface area contributed by atoms with Gasteiger partial charge in [-0.25, -0.2) is 0 Å². The Morgan fingerprint density at radius 3 is 2.89 bits per heavy atom. The van der Waals surface area contributed by atoms with Crippen molar-refractivity contribution in [3.63, 3.8) is 0 Å². The van der Waals surface area contributed by atoms with Gasteiger partial charge in [-0.1, -0.05) is 23.4 Å². The fraction of sp³-hybridized carbons (Fsp3) is 0.500. The Morgan fingerprint density at radius 2 is 2.07 bits per heavy atom. The molecule has 2 aliphatic rings. The molecule has 1 aromatic carbocycles. The number of hydrogen-bond donors (Lipinski definition) is 1. The van der Waals surface area contributed by atoms with Crippen LogP contribution in [0.3, 0.4) is 0 Å². The van der Waals surface area contributed by atoms with Gasteiger partial charge in [0.15, 0.2) is 6.61 Å². The standard InChI is InChI=1S/C20H25N3O4/c24-20(14-26-16-4-2-1-3-5-16)21-15-6-7-19-17(12-15)18(22-27-19)13-23-8-10-25-11-9-23/h1-5,15H,6-14H2,(H,21,24). The highest BCUT2D eigenvalue weighted by molar-refractivity contribution is 5.77. The molecule has 2 aromatic rings. The summed E-state index contributed by atoms with van der Waals surface area (Å²) in [5.74, 6) is 1.56. The molecule has 7 nitrogen and oxygen atoms in total. The Hall–Kier alpha value is -2.38. The SMILES string of the molecule is O=C(COc1ccccc1)NC1CCc2onc(CN3CCOCC3)c2C1. The van der Waals surface area contributed by atoms with Crippen molar-refractivity contribution in [2.45, 2.75) is 31.8 Å². The zero-order chi connectivity index (χ0) is 18.5. The molecule has 1 amide bonds. The van der Waals surface area contributed by atoms with E-state index in [2.05, 4.69) is 15.4 Å². The lowest BCUT2D eigenvalue weighted by Crippen LogP contribution is -2.41. The van der Waals surface area contributed by atoms with Crippen molar-refractivity contribution in [3.05, 3.63) is 47.3 Å². The minimum atomic E-state index is -0.0986. The van der Waals surface area contributed by atoms with E-state index in [9.17, 15) is 4.79 Å². The summed E-state index contributed by atoms with van der Waals surface area (Å²) in [7, 11) is 0. The number of rotatable bonds is 6. The molecular weight excluding hydrogens is 346 g/mol. The van der Waals surface area contributed by atoms with E-state index in [4.69, 9.17) is 14.0 Å². The van der Waals surface area contributed by atoms with Gasteiger partial charge < -0.3 is 19.3 Å². The molecule has 1 atom stereocenters. The zero-order valence-electron chi connectivity index (χ0n) is 15.4. The summed E-state index contributed by atoms with van der Waals surface area (Å²) in [5, 5.41) is 7.37. The van der Waals surface area contributed by atoms with Crippen LogP contribution in [0.25, 0.3) is 0 Å². The lowest BCUT2D eigenvalue weighted by Gasteiger charge is -2.27. The average molecular weight is 371 g/mol. The lowest BCUT2D eigenvalue weighted by atomic mass is 9.92. The maximum Gasteiger partial charge on any atom is 0.258 e. The number of carbonyl (C=O) groups excluding carboxylic acids is 1. The van der Waals surface area contributed by atoms with Gasteiger partial charge in [-0.2, -0.15) is 0 Å². The van der Waals surface area contributed by atoms with Crippen LogP contribution in [0.2, 0.25) is 0 Å². The first-order valence-electron chi connectivity index (χ1n) is 9.51. The second-order valence-corrected chi connectivity index (χ2v) is 7.03. The van der Waals surface area contributed by atoms with Crippen molar-refractivity contribution in [2.75, 3.05) is 32.9 Å². The smallest absolute Gasteiger partial charge is 0.258 e. The van der Waals surface area contributed by atoms with Gasteiger partial charge in [-0.05, 0) is 25.0 Å². The quantitative estimate of drug-likeness (QED) is 0.830. The largest absolute Gasteiger partial charge is 0.484 e. The number of aromatic nitrogens is 1. The molecule has 1 aromatic heterocycles. The molecule has 144 valence electrons. The second-order valence-electron chi connectivity index (χ2n) is 7.03. The molecule has 1 unspecified atom stereocenters. The summed E-state index contributed by atoms with van der Waals surface area (Å²) in [6.07, 6.45) is 2.42. The molecule has 2 heterocycles. The monoisotopic (exact) mass is 371 g/mol. The summed E-state index contributed by atoms with van der Waals surface area (Å²) < 4.78 is 16.5. The molecular formula is C20H25N3O4. The number of morpholine rings is 1. The Bertz CT molecular complexity index is 756. The number of fused-ring (bicyclic) bond motifs is 1. The Kier molecular flexibility index (Phi) is 5.69. The van der Waals surface area contributed by atoms with Crippen LogP contribution in [0.4, 0.5) is 0 Å². The van der Waals surface area contributed by atoms with E-state index in [0.717, 1.165) is 69.1 Å². The molecule has 4 rings (SSSR count). The number of para-hydroxylation sites is 1. The van der Waals surface area contributed by atoms with Gasteiger partial charge in [-0.15, -0.1) is 0 Å². The predicted molar refractivity (Wildman–Crippen MR) is 98.5 cm³/mol. The van der Waals surface area contributed by atoms with Crippen LogP contribution in [0.5, 0.6) is 5.75 Å². The topological polar surface area (TPSA) is 76.8 Å². The fourth-order valence-electron chi connectivity index (χ4n) is 3.62. The normalized spacial score (nSPS) is 20.1. The summed E-state index contributed by atoms with van der Waals surface area (Å²) in [6.45, 7) is 4.16. The number of nitrogens with zero attached hydrogens (tertiary/aromatic N) is 2. The molecule has 1 fully saturated rings. The van der Waals surface area contributed by atoms with Gasteiger partial charge >= 0.3 is 0 Å². The van der Waals surface area contributed by atoms with Crippen molar-refractivity contribution in [3.8, 4) is 5.75 Å². The van der Waals surface area contributed by atoms with Crippen molar-refractivity contribution >= 4 is 5.91 Å². The minimum Gasteiger partial charge on any atom is -0.484 e. The highest BCUT2D eigenvalue weighted by Crippen LogP contribution is 2.25. The third-order valence-corrected chi connectivity index (χ3v) is 5.08. The molecule has 7 heteroatoms. The number of ether oxygens (including phenoxy) is 2. The number of carbonyl (C=O) groups is 1. The number of benzene rings is 1. The molecule has 27 heavy (non-hydrogen) atoms. The average Bonchev–Trinajstić information content (AvgIpc) is 3.10. The summed E-state index contributed by atoms with van der Waals surface area (Å²) >= 11 is 0. The van der Waals surface area contributed by atoms with Gasteiger partial charge in [0.25, 0.3) is 5.91 Å². The summed E-state index contributed by atoms with van der Waals surface area (Å²) in [4.78, 5) is 14.6. The number of nitrogens with one attached hydrogen (secondary N) is 1. The molecule has 1 N–H and O–H groups in total. The van der Waals surface area contributed by atoms with E-state index >= 15 is 0 Å². The second kappa shape index (κ2) is 8.54. The third-order valence-electron chi connectivity index (χ3n) is 5.08. The Morgan fingerprint density at radius 1 is 1.26 bits per heavy atom. The highest BCUT2D eigenvalue weighted by atomic mass is 16.5. The molecule has 0 radical (unpaired) electrons. The fourth-order valence-corrected chi connectivity index (χ4v) is 3.62. The molecule has 1 aliphatic heterocycles. The first-order chi connectivity index (χ1) is 13.3. The van der Waals surface area contributed by atoms with E-state index in [0.29, 0.717) is 5.75 Å². The van der Waals surface area contributed by atoms with Crippen LogP contribution < -0.4 is 10.1 Å². The number of aryl methyl sites for hydroxylation is 1. The van der Waals surface area contributed by atoms with Crippen molar-refractivity contribution in [1.82, 2.24) is 15.4 Å². The van der Waals surface area contributed by atoms with Gasteiger partial charge in [0, 0.05) is 37.7 Å². The summed E-state index contributed by atoms with van der Waals surface area (Å²) in [5.41, 5.74) is 2.15. The maximum absolute atomic E-state index is 12.2. The van der Waals surface area contributed by atoms with Gasteiger partial charge in [0.2, 0.25) is 0 Å². The van der Waals surface area contributed by atoms with Gasteiger partial charge in [0.1, 0.15) is 17.2 Å². The molecule has 0 saturated carbocycles. The van der Waals surface area contributed by atoms with Gasteiger partial charge in [-0.3, -0.25) is 9.69 Å². The van der Waals surface area contributed by atoms with Crippen LogP contribution in [0.1, 0.15) is 23.4 Å². The maximum atomic E-state index is 12.2. The van der Waals surface area contributed by atoms with E-state index in [-0.39, 0.29) is 18.6 Å². The molecule has 0 bridgehead atoms. The van der Waals surface area contributed by atoms with Crippen molar-refractivity contribution in [2.24, 2.45) is 0 Å². The minimum absolute atomic E-state index is 0.0254. The van der Waals surface area contributed by atoms with Crippen LogP contribution in [-0.2, 0) is 28.9 Å². The van der Waals surface area contributed by atoms with E-state index in [1.165, 1.54) is 0 Å². The summed E-state index contributed by atoms with van der Waals surface area (Å²) in [6, 6.07) is 9.47. The third kappa shape index (κ3) is 4.67. The van der Waals surface area contributed by atoms with E-state index in [1.54, 1.807) is 0 Å². The highest BCUT2D eigenvalue weighted by Gasteiger charge is 2.27. The number of hydrogen-bond acceptors (Lipinski definition) is 6. The van der Waals surface area contributed by atoms with Crippen LogP contribution in [0, 0.1) is 0 Å².